The molecule has 2 heterocycles. The van der Waals surface area contributed by atoms with Crippen LogP contribution in [0.25, 0.3) is 0 Å². The second-order valence-corrected chi connectivity index (χ2v) is 5.50. The van der Waals surface area contributed by atoms with Crippen molar-refractivity contribution in [3.05, 3.63) is 40.7 Å². The average molecular weight is 270 g/mol. The predicted molar refractivity (Wildman–Crippen MR) is 83.3 cm³/mol. The summed E-state index contributed by atoms with van der Waals surface area (Å²) in [5.41, 5.74) is 7.49. The van der Waals surface area contributed by atoms with E-state index in [2.05, 4.69) is 40.9 Å². The molecule has 0 atom stereocenters. The van der Waals surface area contributed by atoms with E-state index >= 15 is 0 Å². The summed E-state index contributed by atoms with van der Waals surface area (Å²) in [4.78, 5) is 0. The number of fused-ring (bicyclic) bond motifs is 1. The first-order valence-corrected chi connectivity index (χ1v) is 7.25. The van der Waals surface area contributed by atoms with Gasteiger partial charge in [-0.15, -0.1) is 0 Å². The van der Waals surface area contributed by atoms with Gasteiger partial charge in [-0.2, -0.15) is 5.10 Å². The molecular formula is C16H22N4. The molecule has 1 aliphatic heterocycles. The van der Waals surface area contributed by atoms with Crippen molar-refractivity contribution in [2.45, 2.75) is 33.2 Å². The highest BCUT2D eigenvalue weighted by Crippen LogP contribution is 2.27. The van der Waals surface area contributed by atoms with Gasteiger partial charge in [0.05, 0.1) is 17.1 Å². The summed E-state index contributed by atoms with van der Waals surface area (Å²) in [6.07, 6.45) is 2.41. The number of rotatable bonds is 3. The third-order valence-electron chi connectivity index (χ3n) is 4.13. The van der Waals surface area contributed by atoms with Crippen LogP contribution in [0.5, 0.6) is 0 Å². The van der Waals surface area contributed by atoms with E-state index in [1.54, 1.807) is 0 Å². The van der Waals surface area contributed by atoms with E-state index in [0.29, 0.717) is 0 Å². The van der Waals surface area contributed by atoms with Crippen LogP contribution in [0.1, 0.15) is 28.9 Å². The molecule has 0 radical (unpaired) electrons. The quantitative estimate of drug-likeness (QED) is 0.901. The molecule has 0 aliphatic carbocycles. The van der Waals surface area contributed by atoms with Crippen LogP contribution in [0.4, 0.5) is 11.4 Å². The summed E-state index contributed by atoms with van der Waals surface area (Å²) in [5.74, 6) is 0. The van der Waals surface area contributed by atoms with Gasteiger partial charge in [0.2, 0.25) is 0 Å². The number of nitrogens with one attached hydrogen (secondary N) is 2. The fourth-order valence-electron chi connectivity index (χ4n) is 2.94. The van der Waals surface area contributed by atoms with Crippen molar-refractivity contribution in [1.82, 2.24) is 9.78 Å². The van der Waals surface area contributed by atoms with E-state index in [4.69, 9.17) is 0 Å². The van der Waals surface area contributed by atoms with Crippen molar-refractivity contribution in [3.63, 3.8) is 0 Å². The smallest absolute Gasteiger partial charge is 0.0827 e. The minimum atomic E-state index is 0.837. The molecule has 1 aliphatic rings. The van der Waals surface area contributed by atoms with E-state index < -0.39 is 0 Å². The largest absolute Gasteiger partial charge is 0.385 e. The minimum Gasteiger partial charge on any atom is -0.385 e. The Morgan fingerprint density at radius 1 is 1.35 bits per heavy atom. The Bertz CT molecular complexity index is 628. The molecule has 106 valence electrons. The molecule has 0 bridgehead atoms. The van der Waals surface area contributed by atoms with E-state index in [0.717, 1.165) is 24.5 Å². The van der Waals surface area contributed by atoms with Crippen LogP contribution in [0.2, 0.25) is 0 Å². The zero-order chi connectivity index (χ0) is 14.1. The summed E-state index contributed by atoms with van der Waals surface area (Å²) in [5, 5.41) is 11.5. The fourth-order valence-corrected chi connectivity index (χ4v) is 2.94. The van der Waals surface area contributed by atoms with Gasteiger partial charge in [-0.3, -0.25) is 4.68 Å². The third kappa shape index (κ3) is 2.26. The highest BCUT2D eigenvalue weighted by molar-refractivity contribution is 5.61. The highest BCUT2D eigenvalue weighted by Gasteiger charge is 2.13. The lowest BCUT2D eigenvalue weighted by molar-refractivity contribution is 0.731. The molecule has 0 saturated carbocycles. The number of benzene rings is 1. The van der Waals surface area contributed by atoms with Crippen LogP contribution >= 0.6 is 0 Å². The van der Waals surface area contributed by atoms with Crippen molar-refractivity contribution in [2.75, 3.05) is 17.2 Å². The van der Waals surface area contributed by atoms with Gasteiger partial charge in [-0.05, 0) is 37.8 Å². The molecule has 1 aromatic carbocycles. The maximum Gasteiger partial charge on any atom is 0.0827 e. The number of aromatic nitrogens is 2. The number of nitrogens with zero attached hydrogens (tertiary/aromatic N) is 2. The Balaban J connectivity index is 1.82. The third-order valence-corrected chi connectivity index (χ3v) is 4.13. The van der Waals surface area contributed by atoms with Crippen molar-refractivity contribution >= 4 is 11.4 Å². The first kappa shape index (κ1) is 13.0. The van der Waals surface area contributed by atoms with Crippen LogP contribution in [-0.2, 0) is 20.0 Å². The molecule has 0 amide bonds. The van der Waals surface area contributed by atoms with Crippen molar-refractivity contribution in [2.24, 2.45) is 7.05 Å². The molecule has 4 heteroatoms. The van der Waals surface area contributed by atoms with Crippen molar-refractivity contribution in [3.8, 4) is 0 Å². The van der Waals surface area contributed by atoms with Gasteiger partial charge in [-0.25, -0.2) is 0 Å². The number of hydrogen-bond acceptors (Lipinski definition) is 3. The van der Waals surface area contributed by atoms with Gasteiger partial charge in [0.1, 0.15) is 0 Å². The lowest BCUT2D eigenvalue weighted by Gasteiger charge is -2.21. The van der Waals surface area contributed by atoms with Crippen molar-refractivity contribution in [1.29, 1.82) is 0 Å². The number of hydrogen-bond donors (Lipinski definition) is 2. The SMILES string of the molecule is Cc1nn(C)c(C)c1NCc1cccc2c1NCCC2. The van der Waals surface area contributed by atoms with Gasteiger partial charge in [0, 0.05) is 25.8 Å². The molecule has 0 unspecified atom stereocenters. The lowest BCUT2D eigenvalue weighted by atomic mass is 9.99. The van der Waals surface area contributed by atoms with Gasteiger partial charge >= 0.3 is 0 Å². The Morgan fingerprint density at radius 2 is 2.20 bits per heavy atom. The first-order chi connectivity index (χ1) is 9.66. The second kappa shape index (κ2) is 5.19. The maximum absolute atomic E-state index is 4.45. The monoisotopic (exact) mass is 270 g/mol. The lowest BCUT2D eigenvalue weighted by Crippen LogP contribution is -2.15. The van der Waals surface area contributed by atoms with Crippen LogP contribution in [0, 0.1) is 13.8 Å². The maximum atomic E-state index is 4.45. The molecule has 20 heavy (non-hydrogen) atoms. The highest BCUT2D eigenvalue weighted by atomic mass is 15.3. The fraction of sp³-hybridized carbons (Fsp3) is 0.438. The van der Waals surface area contributed by atoms with Crippen LogP contribution < -0.4 is 10.6 Å². The zero-order valence-electron chi connectivity index (χ0n) is 12.5. The Kier molecular flexibility index (Phi) is 3.38. The molecule has 1 aromatic heterocycles. The molecule has 4 nitrogen and oxygen atoms in total. The summed E-state index contributed by atoms with van der Waals surface area (Å²) in [7, 11) is 1.99. The molecule has 0 fully saturated rings. The van der Waals surface area contributed by atoms with E-state index in [9.17, 15) is 0 Å². The molecule has 2 N–H and O–H groups in total. The van der Waals surface area contributed by atoms with E-state index in [-0.39, 0.29) is 0 Å². The Hall–Kier alpha value is -1.97. The summed E-state index contributed by atoms with van der Waals surface area (Å²) < 4.78 is 1.93. The normalized spacial score (nSPS) is 13.8. The van der Waals surface area contributed by atoms with Crippen LogP contribution in [0.15, 0.2) is 18.2 Å². The van der Waals surface area contributed by atoms with Crippen LogP contribution in [-0.4, -0.2) is 16.3 Å². The molecule has 0 spiro atoms. The summed E-state index contributed by atoms with van der Waals surface area (Å²) >= 11 is 0. The molecule has 2 aromatic rings. The van der Waals surface area contributed by atoms with E-state index in [1.807, 2.05) is 18.7 Å². The number of anilines is 2. The zero-order valence-corrected chi connectivity index (χ0v) is 12.5. The minimum absolute atomic E-state index is 0.837. The first-order valence-electron chi connectivity index (χ1n) is 7.25. The van der Waals surface area contributed by atoms with Crippen LogP contribution in [0.3, 0.4) is 0 Å². The van der Waals surface area contributed by atoms with Gasteiger partial charge in [0.15, 0.2) is 0 Å². The van der Waals surface area contributed by atoms with Gasteiger partial charge < -0.3 is 10.6 Å². The van der Waals surface area contributed by atoms with E-state index in [1.165, 1.54) is 35.3 Å². The molecule has 3 rings (SSSR count). The van der Waals surface area contributed by atoms with Crippen molar-refractivity contribution < 1.29 is 0 Å². The standard InChI is InChI=1S/C16H22N4/c1-11-15(12(2)20(3)19-11)18-10-14-7-4-6-13-8-5-9-17-16(13)14/h4,6-7,17-18H,5,8-10H2,1-3H3. The topological polar surface area (TPSA) is 41.9 Å². The number of aryl methyl sites for hydroxylation is 3. The van der Waals surface area contributed by atoms with Gasteiger partial charge in [-0.1, -0.05) is 18.2 Å². The molecular weight excluding hydrogens is 248 g/mol. The number of para-hydroxylation sites is 1. The second-order valence-electron chi connectivity index (χ2n) is 5.50. The summed E-state index contributed by atoms with van der Waals surface area (Å²) in [6.45, 7) is 6.06. The average Bonchev–Trinajstić information content (AvgIpc) is 2.70. The Labute approximate surface area is 120 Å². The van der Waals surface area contributed by atoms with Gasteiger partial charge in [0.25, 0.3) is 0 Å². The predicted octanol–water partition coefficient (Wildman–Crippen LogP) is 3.01. The summed E-state index contributed by atoms with van der Waals surface area (Å²) in [6, 6.07) is 6.59. The molecule has 0 saturated heterocycles. The Morgan fingerprint density at radius 3 is 2.95 bits per heavy atom.